The Kier molecular flexibility index (Phi) is 6.28. The maximum Gasteiger partial charge on any atom is 0.418 e. The Hall–Kier alpha value is -2.09. The van der Waals surface area contributed by atoms with Gasteiger partial charge in [0.15, 0.2) is 0 Å². The van der Waals surface area contributed by atoms with Crippen LogP contribution >= 0.6 is 11.6 Å². The molecule has 0 saturated carbocycles. The first-order valence-electron chi connectivity index (χ1n) is 10.5. The van der Waals surface area contributed by atoms with Gasteiger partial charge in [-0.05, 0) is 74.2 Å². The number of carbonyl (C=O) groups excluding carboxylic acids is 1. The Morgan fingerprint density at radius 1 is 1.10 bits per heavy atom. The van der Waals surface area contributed by atoms with Crippen molar-refractivity contribution in [1.82, 2.24) is 5.32 Å². The van der Waals surface area contributed by atoms with Gasteiger partial charge in [-0.25, -0.2) is 0 Å². The maximum atomic E-state index is 14.0. The Labute approximate surface area is 184 Å². The number of alkyl halides is 3. The SMILES string of the molecule is O=C(C1CCNCC1)N(c1ccc(Cl)cc1C(F)(F)F)c1cccc2c1CC(O)CC2. The maximum absolute atomic E-state index is 14.0. The van der Waals surface area contributed by atoms with Crippen molar-refractivity contribution in [2.24, 2.45) is 5.92 Å². The minimum atomic E-state index is -4.68. The standard InChI is InChI=1S/C23H24ClF3N2O2/c24-16-5-7-21(19(12-16)23(25,26)27)29(22(31)15-8-10-28-11-9-15)20-3-1-2-14-4-6-17(30)13-18(14)20/h1-3,5,7,12,15,17,28,30H,4,6,8-11,13H2. The van der Waals surface area contributed by atoms with E-state index in [9.17, 15) is 23.1 Å². The molecule has 1 heterocycles. The smallest absolute Gasteiger partial charge is 0.393 e. The van der Waals surface area contributed by atoms with Crippen molar-refractivity contribution < 1.29 is 23.1 Å². The predicted octanol–water partition coefficient (Wildman–Crippen LogP) is 4.87. The van der Waals surface area contributed by atoms with Crippen LogP contribution in [0.3, 0.4) is 0 Å². The quantitative estimate of drug-likeness (QED) is 0.698. The second-order valence-electron chi connectivity index (χ2n) is 8.17. The Bertz CT molecular complexity index is 974. The Morgan fingerprint density at radius 3 is 2.55 bits per heavy atom. The van der Waals surface area contributed by atoms with E-state index in [2.05, 4.69) is 5.32 Å². The van der Waals surface area contributed by atoms with Crippen molar-refractivity contribution in [2.45, 2.75) is 44.4 Å². The zero-order valence-electron chi connectivity index (χ0n) is 16.9. The summed E-state index contributed by atoms with van der Waals surface area (Å²) in [5.41, 5.74) is 0.915. The lowest BCUT2D eigenvalue weighted by Gasteiger charge is -2.34. The molecular formula is C23H24ClF3N2O2. The van der Waals surface area contributed by atoms with Crippen molar-refractivity contribution in [3.63, 3.8) is 0 Å². The number of piperidine rings is 1. The lowest BCUT2D eigenvalue weighted by atomic mass is 9.87. The van der Waals surface area contributed by atoms with E-state index in [4.69, 9.17) is 11.6 Å². The number of fused-ring (bicyclic) bond motifs is 1. The van der Waals surface area contributed by atoms with Crippen LogP contribution in [0.5, 0.6) is 0 Å². The first kappa shape index (κ1) is 22.1. The van der Waals surface area contributed by atoms with Gasteiger partial charge in [0, 0.05) is 17.4 Å². The number of rotatable bonds is 3. The van der Waals surface area contributed by atoms with E-state index in [-0.39, 0.29) is 22.5 Å². The lowest BCUT2D eigenvalue weighted by molar-refractivity contribution is -0.137. The van der Waals surface area contributed by atoms with Gasteiger partial charge in [-0.1, -0.05) is 23.7 Å². The monoisotopic (exact) mass is 452 g/mol. The molecule has 2 aromatic carbocycles. The van der Waals surface area contributed by atoms with Gasteiger partial charge < -0.3 is 10.4 Å². The highest BCUT2D eigenvalue weighted by Crippen LogP contribution is 2.43. The summed E-state index contributed by atoms with van der Waals surface area (Å²) in [5.74, 6) is -0.745. The molecule has 1 aliphatic heterocycles. The van der Waals surface area contributed by atoms with E-state index in [0.717, 1.165) is 17.2 Å². The number of nitrogens with zero attached hydrogens (tertiary/aromatic N) is 1. The second kappa shape index (κ2) is 8.81. The first-order chi connectivity index (χ1) is 14.8. The number of carbonyl (C=O) groups is 1. The third-order valence-electron chi connectivity index (χ3n) is 6.09. The fourth-order valence-electron chi connectivity index (χ4n) is 4.51. The fraction of sp³-hybridized carbons (Fsp3) is 0.435. The summed E-state index contributed by atoms with van der Waals surface area (Å²) < 4.78 is 41.9. The lowest BCUT2D eigenvalue weighted by Crippen LogP contribution is -2.40. The molecule has 8 heteroatoms. The molecule has 0 bridgehead atoms. The van der Waals surface area contributed by atoms with Crippen LogP contribution in [0, 0.1) is 5.92 Å². The number of hydrogen-bond acceptors (Lipinski definition) is 3. The summed E-state index contributed by atoms with van der Waals surface area (Å²) in [6, 6.07) is 8.85. The van der Waals surface area contributed by atoms with Crippen molar-refractivity contribution >= 4 is 28.9 Å². The molecule has 4 nitrogen and oxygen atoms in total. The minimum absolute atomic E-state index is 0.0455. The van der Waals surface area contributed by atoms with Gasteiger partial charge in [-0.15, -0.1) is 0 Å². The molecule has 2 aromatic rings. The molecule has 4 rings (SSSR count). The van der Waals surface area contributed by atoms with Crippen LogP contribution in [0.4, 0.5) is 24.5 Å². The first-order valence-corrected chi connectivity index (χ1v) is 10.8. The highest BCUT2D eigenvalue weighted by atomic mass is 35.5. The summed E-state index contributed by atoms with van der Waals surface area (Å²) in [7, 11) is 0. The van der Waals surface area contributed by atoms with E-state index >= 15 is 0 Å². The summed E-state index contributed by atoms with van der Waals surface area (Å²) in [6.07, 6.45) is -2.64. The topological polar surface area (TPSA) is 52.6 Å². The Balaban J connectivity index is 1.90. The van der Waals surface area contributed by atoms with Crippen LogP contribution < -0.4 is 10.2 Å². The number of hydrogen-bond donors (Lipinski definition) is 2. The fourth-order valence-corrected chi connectivity index (χ4v) is 4.68. The zero-order chi connectivity index (χ0) is 22.2. The summed E-state index contributed by atoms with van der Waals surface area (Å²) in [6.45, 7) is 1.28. The van der Waals surface area contributed by atoms with E-state index in [0.29, 0.717) is 50.9 Å². The van der Waals surface area contributed by atoms with Gasteiger partial charge in [0.1, 0.15) is 0 Å². The van der Waals surface area contributed by atoms with Gasteiger partial charge in [-0.3, -0.25) is 9.69 Å². The summed E-state index contributed by atoms with van der Waals surface area (Å²) in [5, 5.41) is 13.4. The van der Waals surface area contributed by atoms with Crippen molar-refractivity contribution in [1.29, 1.82) is 0 Å². The predicted molar refractivity (Wildman–Crippen MR) is 114 cm³/mol. The number of nitrogens with one attached hydrogen (secondary N) is 1. The number of anilines is 2. The molecule has 1 fully saturated rings. The molecule has 1 amide bonds. The minimum Gasteiger partial charge on any atom is -0.393 e. The third kappa shape index (κ3) is 4.59. The van der Waals surface area contributed by atoms with Gasteiger partial charge >= 0.3 is 6.18 Å². The third-order valence-corrected chi connectivity index (χ3v) is 6.32. The molecule has 166 valence electrons. The second-order valence-corrected chi connectivity index (χ2v) is 8.61. The van der Waals surface area contributed by atoms with Crippen LogP contribution in [-0.4, -0.2) is 30.2 Å². The van der Waals surface area contributed by atoms with E-state index in [1.807, 2.05) is 6.07 Å². The molecular weight excluding hydrogens is 429 g/mol. The van der Waals surface area contributed by atoms with Crippen molar-refractivity contribution in [2.75, 3.05) is 18.0 Å². The molecule has 1 unspecified atom stereocenters. The molecule has 0 aromatic heterocycles. The zero-order valence-corrected chi connectivity index (χ0v) is 17.6. The van der Waals surface area contributed by atoms with Gasteiger partial charge in [-0.2, -0.15) is 13.2 Å². The molecule has 2 N–H and O–H groups in total. The van der Waals surface area contributed by atoms with Crippen molar-refractivity contribution in [3.8, 4) is 0 Å². The molecule has 1 saturated heterocycles. The number of aryl methyl sites for hydroxylation is 1. The van der Waals surface area contributed by atoms with Crippen LogP contribution in [0.15, 0.2) is 36.4 Å². The summed E-state index contributed by atoms with van der Waals surface area (Å²) in [4.78, 5) is 14.9. The van der Waals surface area contributed by atoms with E-state index < -0.39 is 17.8 Å². The van der Waals surface area contributed by atoms with Crippen molar-refractivity contribution in [3.05, 3.63) is 58.1 Å². The van der Waals surface area contributed by atoms with Crippen LogP contribution in [-0.2, 0) is 23.8 Å². The van der Waals surface area contributed by atoms with Gasteiger partial charge in [0.2, 0.25) is 5.91 Å². The van der Waals surface area contributed by atoms with Crippen LogP contribution in [0.2, 0.25) is 5.02 Å². The van der Waals surface area contributed by atoms with Crippen LogP contribution in [0.1, 0.15) is 36.0 Å². The number of aliphatic hydroxyl groups excluding tert-OH is 1. The van der Waals surface area contributed by atoms with Gasteiger partial charge in [0.05, 0.1) is 23.0 Å². The number of amides is 1. The van der Waals surface area contributed by atoms with E-state index in [1.54, 1.807) is 12.1 Å². The highest BCUT2D eigenvalue weighted by Gasteiger charge is 2.39. The molecule has 0 spiro atoms. The largest absolute Gasteiger partial charge is 0.418 e. The average Bonchev–Trinajstić information content (AvgIpc) is 2.75. The Morgan fingerprint density at radius 2 is 1.84 bits per heavy atom. The van der Waals surface area contributed by atoms with Gasteiger partial charge in [0.25, 0.3) is 0 Å². The van der Waals surface area contributed by atoms with Crippen LogP contribution in [0.25, 0.3) is 0 Å². The highest BCUT2D eigenvalue weighted by molar-refractivity contribution is 6.30. The molecule has 1 aliphatic carbocycles. The normalized spacial score (nSPS) is 19.7. The average molecular weight is 453 g/mol. The summed E-state index contributed by atoms with van der Waals surface area (Å²) >= 11 is 5.89. The number of aliphatic hydroxyl groups is 1. The molecule has 31 heavy (non-hydrogen) atoms. The van der Waals surface area contributed by atoms with E-state index in [1.165, 1.54) is 17.0 Å². The number of halogens is 4. The molecule has 2 aliphatic rings. The molecule has 1 atom stereocenters. The molecule has 0 radical (unpaired) electrons. The number of benzene rings is 2.